The van der Waals surface area contributed by atoms with Gasteiger partial charge >= 0.3 is 0 Å². The van der Waals surface area contributed by atoms with E-state index in [4.69, 9.17) is 0 Å². The van der Waals surface area contributed by atoms with Crippen LogP contribution in [0.15, 0.2) is 47.4 Å². The average Bonchev–Trinajstić information content (AvgIpc) is 2.30. The number of carbonyl (C=O) groups excluding carboxylic acids is 1. The number of ketones is 1. The summed E-state index contributed by atoms with van der Waals surface area (Å²) < 4.78 is 0. The fourth-order valence-corrected chi connectivity index (χ4v) is 1.42. The molecule has 0 radical (unpaired) electrons. The number of hydrogen-bond acceptors (Lipinski definition) is 3. The van der Waals surface area contributed by atoms with Crippen molar-refractivity contribution in [1.29, 1.82) is 0 Å². The second kappa shape index (κ2) is 4.02. The number of benzene rings is 1. The average molecular weight is 215 g/mol. The van der Waals surface area contributed by atoms with Crippen LogP contribution in [-0.2, 0) is 0 Å². The van der Waals surface area contributed by atoms with E-state index in [0.29, 0.717) is 5.56 Å². The maximum Gasteiger partial charge on any atom is 0.262 e. The molecular formula is C12H9NO3. The summed E-state index contributed by atoms with van der Waals surface area (Å²) in [7, 11) is 0. The highest BCUT2D eigenvalue weighted by Crippen LogP contribution is 2.15. The molecule has 2 N–H and O–H groups in total. The molecule has 4 heteroatoms. The van der Waals surface area contributed by atoms with Crippen molar-refractivity contribution in [3.8, 4) is 5.75 Å². The largest absolute Gasteiger partial charge is 0.507 e. The first kappa shape index (κ1) is 10.2. The number of aromatic hydroxyl groups is 1. The van der Waals surface area contributed by atoms with Gasteiger partial charge in [-0.1, -0.05) is 30.3 Å². The van der Waals surface area contributed by atoms with Gasteiger partial charge in [-0.25, -0.2) is 0 Å². The zero-order valence-electron chi connectivity index (χ0n) is 8.31. The Morgan fingerprint density at radius 2 is 1.81 bits per heavy atom. The number of hydrogen-bond donors (Lipinski definition) is 2. The van der Waals surface area contributed by atoms with Gasteiger partial charge in [0.2, 0.25) is 5.78 Å². The molecule has 16 heavy (non-hydrogen) atoms. The van der Waals surface area contributed by atoms with E-state index in [0.717, 1.165) is 0 Å². The third-order valence-corrected chi connectivity index (χ3v) is 2.20. The molecule has 1 aromatic heterocycles. The first-order valence-electron chi connectivity index (χ1n) is 4.70. The van der Waals surface area contributed by atoms with Crippen LogP contribution in [0.2, 0.25) is 0 Å². The molecule has 0 unspecified atom stereocenters. The van der Waals surface area contributed by atoms with E-state index in [-0.39, 0.29) is 11.3 Å². The summed E-state index contributed by atoms with van der Waals surface area (Å²) in [4.78, 5) is 25.7. The summed E-state index contributed by atoms with van der Waals surface area (Å²) >= 11 is 0. The van der Waals surface area contributed by atoms with Crippen LogP contribution in [0.5, 0.6) is 5.75 Å². The van der Waals surface area contributed by atoms with Gasteiger partial charge in [0.1, 0.15) is 11.3 Å². The number of pyridine rings is 1. The van der Waals surface area contributed by atoms with E-state index in [9.17, 15) is 14.7 Å². The number of H-pyrrole nitrogens is 1. The predicted octanol–water partition coefficient (Wildman–Crippen LogP) is 1.31. The van der Waals surface area contributed by atoms with Gasteiger partial charge in [-0.15, -0.1) is 0 Å². The Bertz CT molecular complexity index is 572. The third-order valence-electron chi connectivity index (χ3n) is 2.20. The Labute approximate surface area is 91.2 Å². The molecule has 0 saturated carbocycles. The van der Waals surface area contributed by atoms with Gasteiger partial charge in [0.05, 0.1) is 0 Å². The third kappa shape index (κ3) is 1.72. The summed E-state index contributed by atoms with van der Waals surface area (Å²) in [5.74, 6) is -0.794. The highest BCUT2D eigenvalue weighted by molar-refractivity contribution is 6.10. The maximum absolute atomic E-state index is 11.9. The fourth-order valence-electron chi connectivity index (χ4n) is 1.42. The zero-order chi connectivity index (χ0) is 11.5. The summed E-state index contributed by atoms with van der Waals surface area (Å²) in [5.41, 5.74) is -0.447. The molecule has 4 nitrogen and oxygen atoms in total. The Morgan fingerprint density at radius 3 is 2.44 bits per heavy atom. The van der Waals surface area contributed by atoms with Crippen LogP contribution in [0.1, 0.15) is 15.9 Å². The maximum atomic E-state index is 11.9. The molecule has 0 aliphatic carbocycles. The van der Waals surface area contributed by atoms with Gasteiger partial charge in [0.25, 0.3) is 5.56 Å². The molecule has 0 amide bonds. The number of aromatic nitrogens is 1. The summed E-state index contributed by atoms with van der Waals surface area (Å²) in [5, 5.41) is 9.48. The van der Waals surface area contributed by atoms with Crippen molar-refractivity contribution in [3.05, 3.63) is 64.1 Å². The van der Waals surface area contributed by atoms with E-state index in [1.807, 2.05) is 0 Å². The first-order valence-corrected chi connectivity index (χ1v) is 4.70. The molecule has 0 atom stereocenters. The molecule has 80 valence electrons. The molecule has 0 aliphatic rings. The molecule has 1 aromatic carbocycles. The highest BCUT2D eigenvalue weighted by atomic mass is 16.3. The zero-order valence-corrected chi connectivity index (χ0v) is 8.31. The second-order valence-electron chi connectivity index (χ2n) is 3.26. The molecule has 0 aliphatic heterocycles. The lowest BCUT2D eigenvalue weighted by atomic mass is 10.0. The standard InChI is InChI=1S/C12H9NO3/c14-9-6-7-13-12(16)10(9)11(15)8-4-2-1-3-5-8/h1-7H,(H2,13,14,16). The van der Waals surface area contributed by atoms with Crippen LogP contribution in [0.25, 0.3) is 0 Å². The number of carbonyl (C=O) groups is 1. The van der Waals surface area contributed by atoms with E-state index >= 15 is 0 Å². The highest BCUT2D eigenvalue weighted by Gasteiger charge is 2.16. The lowest BCUT2D eigenvalue weighted by Gasteiger charge is -2.01. The first-order chi connectivity index (χ1) is 7.70. The molecule has 0 fully saturated rings. The minimum Gasteiger partial charge on any atom is -0.507 e. The molecule has 0 spiro atoms. The number of nitrogens with one attached hydrogen (secondary N) is 1. The Balaban J connectivity index is 2.55. The Hall–Kier alpha value is -2.36. The monoisotopic (exact) mass is 215 g/mol. The van der Waals surface area contributed by atoms with Gasteiger partial charge in [-0.05, 0) is 6.07 Å². The van der Waals surface area contributed by atoms with Crippen LogP contribution in [0.4, 0.5) is 0 Å². The Morgan fingerprint density at radius 1 is 1.12 bits per heavy atom. The Kier molecular flexibility index (Phi) is 2.55. The summed E-state index contributed by atoms with van der Waals surface area (Å²) in [6.07, 6.45) is 1.29. The van der Waals surface area contributed by atoms with Crippen LogP contribution >= 0.6 is 0 Å². The molecule has 2 aromatic rings. The van der Waals surface area contributed by atoms with E-state index in [2.05, 4.69) is 4.98 Å². The quantitative estimate of drug-likeness (QED) is 0.742. The predicted molar refractivity (Wildman–Crippen MR) is 58.6 cm³/mol. The second-order valence-corrected chi connectivity index (χ2v) is 3.26. The normalized spacial score (nSPS) is 10.0. The van der Waals surface area contributed by atoms with Crippen molar-refractivity contribution in [1.82, 2.24) is 4.98 Å². The van der Waals surface area contributed by atoms with Crippen LogP contribution in [-0.4, -0.2) is 15.9 Å². The summed E-state index contributed by atoms with van der Waals surface area (Å²) in [6, 6.07) is 9.62. The minimum absolute atomic E-state index is 0.228. The van der Waals surface area contributed by atoms with Crippen LogP contribution in [0.3, 0.4) is 0 Å². The smallest absolute Gasteiger partial charge is 0.262 e. The topological polar surface area (TPSA) is 70.2 Å². The van der Waals surface area contributed by atoms with Gasteiger partial charge in [-0.3, -0.25) is 9.59 Å². The van der Waals surface area contributed by atoms with Crippen molar-refractivity contribution >= 4 is 5.78 Å². The van der Waals surface area contributed by atoms with Gasteiger partial charge in [0, 0.05) is 11.8 Å². The number of rotatable bonds is 2. The summed E-state index contributed by atoms with van der Waals surface area (Å²) in [6.45, 7) is 0. The van der Waals surface area contributed by atoms with Crippen molar-refractivity contribution in [2.24, 2.45) is 0 Å². The van der Waals surface area contributed by atoms with Crippen LogP contribution < -0.4 is 5.56 Å². The molecule has 0 bridgehead atoms. The van der Waals surface area contributed by atoms with Crippen molar-refractivity contribution in [2.45, 2.75) is 0 Å². The van der Waals surface area contributed by atoms with Crippen LogP contribution in [0, 0.1) is 0 Å². The lowest BCUT2D eigenvalue weighted by Crippen LogP contribution is -2.17. The lowest BCUT2D eigenvalue weighted by molar-refractivity contribution is 0.103. The van der Waals surface area contributed by atoms with Crippen molar-refractivity contribution < 1.29 is 9.90 Å². The van der Waals surface area contributed by atoms with Crippen molar-refractivity contribution in [3.63, 3.8) is 0 Å². The number of aromatic amines is 1. The van der Waals surface area contributed by atoms with Crippen molar-refractivity contribution in [2.75, 3.05) is 0 Å². The molecule has 2 rings (SSSR count). The van der Waals surface area contributed by atoms with E-state index in [1.54, 1.807) is 30.3 Å². The van der Waals surface area contributed by atoms with E-state index in [1.165, 1.54) is 12.3 Å². The molecular weight excluding hydrogens is 206 g/mol. The SMILES string of the molecule is O=C(c1ccccc1)c1c(O)cc[nH]c1=O. The molecule has 1 heterocycles. The fraction of sp³-hybridized carbons (Fsp3) is 0. The minimum atomic E-state index is -0.589. The van der Waals surface area contributed by atoms with Gasteiger partial charge in [-0.2, -0.15) is 0 Å². The van der Waals surface area contributed by atoms with E-state index < -0.39 is 11.3 Å². The molecule has 0 saturated heterocycles. The van der Waals surface area contributed by atoms with Gasteiger partial charge in [0.15, 0.2) is 0 Å². The van der Waals surface area contributed by atoms with Gasteiger partial charge < -0.3 is 10.1 Å².